The highest BCUT2D eigenvalue weighted by Crippen LogP contribution is 2.23. The van der Waals surface area contributed by atoms with Crippen molar-refractivity contribution in [1.82, 2.24) is 9.97 Å². The minimum atomic E-state index is 0.564. The molecule has 0 amide bonds. The fourth-order valence-corrected chi connectivity index (χ4v) is 2.89. The van der Waals surface area contributed by atoms with Crippen molar-refractivity contribution in [1.29, 1.82) is 0 Å². The van der Waals surface area contributed by atoms with Crippen LogP contribution in [0.25, 0.3) is 11.3 Å². The Bertz CT molecular complexity index is 831. The van der Waals surface area contributed by atoms with Crippen LogP contribution in [0.1, 0.15) is 5.56 Å². The first-order valence-corrected chi connectivity index (χ1v) is 8.81. The quantitative estimate of drug-likeness (QED) is 0.706. The molecule has 0 atom stereocenters. The smallest absolute Gasteiger partial charge is 0.226 e. The summed E-state index contributed by atoms with van der Waals surface area (Å²) in [6.07, 6.45) is 1.81. The zero-order chi connectivity index (χ0) is 17.6. The molecule has 5 heteroatoms. The van der Waals surface area contributed by atoms with Crippen LogP contribution in [0.3, 0.4) is 0 Å². The van der Waals surface area contributed by atoms with Crippen LogP contribution in [0.4, 0.5) is 5.95 Å². The Hall–Kier alpha value is -2.92. The van der Waals surface area contributed by atoms with Crippen LogP contribution >= 0.6 is 0 Å². The minimum absolute atomic E-state index is 0.564. The van der Waals surface area contributed by atoms with Gasteiger partial charge in [0.25, 0.3) is 0 Å². The van der Waals surface area contributed by atoms with Crippen LogP contribution < -0.4 is 9.64 Å². The molecule has 0 radical (unpaired) electrons. The third kappa shape index (κ3) is 4.00. The van der Waals surface area contributed by atoms with Gasteiger partial charge < -0.3 is 14.4 Å². The van der Waals surface area contributed by atoms with Gasteiger partial charge in [-0.2, -0.15) is 0 Å². The van der Waals surface area contributed by atoms with Crippen LogP contribution in [0.2, 0.25) is 0 Å². The molecule has 5 nitrogen and oxygen atoms in total. The molecular weight excluding hydrogens is 326 g/mol. The first kappa shape index (κ1) is 16.5. The summed E-state index contributed by atoms with van der Waals surface area (Å²) in [6, 6.07) is 20.1. The number of hydrogen-bond acceptors (Lipinski definition) is 5. The second-order valence-corrected chi connectivity index (χ2v) is 6.14. The molecule has 132 valence electrons. The van der Waals surface area contributed by atoms with Crippen LogP contribution in [0.5, 0.6) is 5.75 Å². The van der Waals surface area contributed by atoms with E-state index in [1.165, 1.54) is 0 Å². The molecule has 2 aromatic carbocycles. The second-order valence-electron chi connectivity index (χ2n) is 6.14. The van der Waals surface area contributed by atoms with Gasteiger partial charge in [0.05, 0.1) is 18.9 Å². The molecule has 0 unspecified atom stereocenters. The number of nitrogens with zero attached hydrogens (tertiary/aromatic N) is 3. The number of ether oxygens (including phenoxy) is 2. The Kier molecular flexibility index (Phi) is 5.07. The molecule has 0 aliphatic carbocycles. The van der Waals surface area contributed by atoms with E-state index >= 15 is 0 Å². The Morgan fingerprint density at radius 1 is 0.923 bits per heavy atom. The van der Waals surface area contributed by atoms with E-state index in [-0.39, 0.29) is 0 Å². The first-order chi connectivity index (χ1) is 12.9. The summed E-state index contributed by atoms with van der Waals surface area (Å²) in [4.78, 5) is 11.3. The second kappa shape index (κ2) is 7.97. The van der Waals surface area contributed by atoms with E-state index in [1.807, 2.05) is 54.7 Å². The molecule has 3 aromatic rings. The number of aromatic nitrogens is 2. The third-order valence-corrected chi connectivity index (χ3v) is 4.34. The van der Waals surface area contributed by atoms with Gasteiger partial charge in [-0.1, -0.05) is 30.3 Å². The summed E-state index contributed by atoms with van der Waals surface area (Å²) in [6.45, 7) is 3.67. The van der Waals surface area contributed by atoms with Crippen molar-refractivity contribution in [3.63, 3.8) is 0 Å². The van der Waals surface area contributed by atoms with Gasteiger partial charge in [0.1, 0.15) is 12.4 Å². The summed E-state index contributed by atoms with van der Waals surface area (Å²) < 4.78 is 11.2. The lowest BCUT2D eigenvalue weighted by atomic mass is 10.1. The predicted molar refractivity (Wildman–Crippen MR) is 101 cm³/mol. The highest BCUT2D eigenvalue weighted by molar-refractivity contribution is 5.61. The molecule has 0 N–H and O–H groups in total. The molecule has 0 spiro atoms. The summed E-state index contributed by atoms with van der Waals surface area (Å²) in [5.41, 5.74) is 3.12. The van der Waals surface area contributed by atoms with Crippen molar-refractivity contribution in [3.8, 4) is 17.0 Å². The average Bonchev–Trinajstić information content (AvgIpc) is 2.74. The van der Waals surface area contributed by atoms with Crippen molar-refractivity contribution in [2.45, 2.75) is 6.61 Å². The summed E-state index contributed by atoms with van der Waals surface area (Å²) in [7, 11) is 0. The summed E-state index contributed by atoms with van der Waals surface area (Å²) >= 11 is 0. The van der Waals surface area contributed by atoms with Gasteiger partial charge in [-0.25, -0.2) is 9.97 Å². The standard InChI is InChI=1S/C21H21N3O2/c1-2-4-17(5-3-1)16-26-19-8-6-18(7-9-19)20-10-11-22-21(23-20)24-12-14-25-15-13-24/h1-11H,12-16H2. The van der Waals surface area contributed by atoms with E-state index in [1.54, 1.807) is 0 Å². The largest absolute Gasteiger partial charge is 0.489 e. The first-order valence-electron chi connectivity index (χ1n) is 8.81. The van der Waals surface area contributed by atoms with E-state index in [2.05, 4.69) is 22.0 Å². The number of benzene rings is 2. The fourth-order valence-electron chi connectivity index (χ4n) is 2.89. The van der Waals surface area contributed by atoms with Gasteiger partial charge in [-0.15, -0.1) is 0 Å². The molecule has 1 aliphatic heterocycles. The Morgan fingerprint density at radius 2 is 1.69 bits per heavy atom. The van der Waals surface area contributed by atoms with Crippen molar-refractivity contribution in [3.05, 3.63) is 72.4 Å². The van der Waals surface area contributed by atoms with Crippen molar-refractivity contribution < 1.29 is 9.47 Å². The molecule has 1 aliphatic rings. The van der Waals surface area contributed by atoms with E-state index < -0.39 is 0 Å². The van der Waals surface area contributed by atoms with E-state index in [4.69, 9.17) is 14.5 Å². The topological polar surface area (TPSA) is 47.5 Å². The monoisotopic (exact) mass is 347 g/mol. The van der Waals surface area contributed by atoms with Crippen LogP contribution in [0.15, 0.2) is 66.9 Å². The molecule has 4 rings (SSSR count). The van der Waals surface area contributed by atoms with Gasteiger partial charge in [-0.3, -0.25) is 0 Å². The lowest BCUT2D eigenvalue weighted by molar-refractivity contribution is 0.122. The Balaban J connectivity index is 1.44. The molecular formula is C21H21N3O2. The van der Waals surface area contributed by atoms with Gasteiger partial charge in [0.2, 0.25) is 5.95 Å². The molecule has 0 bridgehead atoms. The molecule has 26 heavy (non-hydrogen) atoms. The average molecular weight is 347 g/mol. The Morgan fingerprint density at radius 3 is 2.46 bits per heavy atom. The normalized spacial score (nSPS) is 14.2. The third-order valence-electron chi connectivity index (χ3n) is 4.34. The van der Waals surface area contributed by atoms with Crippen molar-refractivity contribution in [2.75, 3.05) is 31.2 Å². The Labute approximate surface area is 153 Å². The van der Waals surface area contributed by atoms with Crippen LogP contribution in [-0.4, -0.2) is 36.3 Å². The SMILES string of the molecule is c1ccc(COc2ccc(-c3ccnc(N4CCOCC4)n3)cc2)cc1. The molecule has 0 saturated carbocycles. The fraction of sp³-hybridized carbons (Fsp3) is 0.238. The van der Waals surface area contributed by atoms with Gasteiger partial charge in [0.15, 0.2) is 0 Å². The molecule has 2 heterocycles. The zero-order valence-corrected chi connectivity index (χ0v) is 14.5. The summed E-state index contributed by atoms with van der Waals surface area (Å²) in [5, 5.41) is 0. The van der Waals surface area contributed by atoms with Crippen LogP contribution in [0, 0.1) is 0 Å². The van der Waals surface area contributed by atoms with Gasteiger partial charge in [-0.05, 0) is 35.9 Å². The lowest BCUT2D eigenvalue weighted by Crippen LogP contribution is -2.37. The highest BCUT2D eigenvalue weighted by Gasteiger charge is 2.14. The number of rotatable bonds is 5. The number of morpholine rings is 1. The molecule has 1 aromatic heterocycles. The summed E-state index contributed by atoms with van der Waals surface area (Å²) in [5.74, 6) is 1.61. The maximum absolute atomic E-state index is 5.85. The van der Waals surface area contributed by atoms with E-state index in [0.717, 1.165) is 54.8 Å². The van der Waals surface area contributed by atoms with Crippen molar-refractivity contribution >= 4 is 5.95 Å². The van der Waals surface area contributed by atoms with Crippen LogP contribution in [-0.2, 0) is 11.3 Å². The minimum Gasteiger partial charge on any atom is -0.489 e. The number of anilines is 1. The number of hydrogen-bond donors (Lipinski definition) is 0. The molecule has 1 fully saturated rings. The van der Waals surface area contributed by atoms with Gasteiger partial charge in [0, 0.05) is 24.8 Å². The predicted octanol–water partition coefficient (Wildman–Crippen LogP) is 3.56. The van der Waals surface area contributed by atoms with E-state index in [0.29, 0.717) is 6.61 Å². The zero-order valence-electron chi connectivity index (χ0n) is 14.5. The van der Waals surface area contributed by atoms with Gasteiger partial charge >= 0.3 is 0 Å². The van der Waals surface area contributed by atoms with E-state index in [9.17, 15) is 0 Å². The lowest BCUT2D eigenvalue weighted by Gasteiger charge is -2.26. The maximum atomic E-state index is 5.85. The highest BCUT2D eigenvalue weighted by atomic mass is 16.5. The maximum Gasteiger partial charge on any atom is 0.226 e. The molecule has 1 saturated heterocycles. The van der Waals surface area contributed by atoms with Crippen molar-refractivity contribution in [2.24, 2.45) is 0 Å².